The van der Waals surface area contributed by atoms with Crippen LogP contribution in [0.2, 0.25) is 0 Å². The van der Waals surface area contributed by atoms with Crippen molar-refractivity contribution in [2.45, 2.75) is 45.1 Å². The third-order valence-electron chi connectivity index (χ3n) is 8.23. The van der Waals surface area contributed by atoms with Crippen LogP contribution in [0.5, 0.6) is 0 Å². The highest BCUT2D eigenvalue weighted by Crippen LogP contribution is 2.41. The van der Waals surface area contributed by atoms with Crippen LogP contribution < -0.4 is 15.1 Å². The standard InChI is InChI=1S/C31H37N3O4S/c1-22-8-15-28(38-22)26-6-5-7-27(30(26)34-16-3-2-4-17-34)29(32-31(35)24-9-10-24)23-11-13-25(14-12-23)33-18-20-39(36,37)21-19-33/h5-8,11-15,24,29H,2-4,9-10,16-21H2,1H3,(H,32,35). The van der Waals surface area contributed by atoms with Gasteiger partial charge in [-0.15, -0.1) is 0 Å². The fourth-order valence-electron chi connectivity index (χ4n) is 5.84. The van der Waals surface area contributed by atoms with E-state index in [9.17, 15) is 13.2 Å². The summed E-state index contributed by atoms with van der Waals surface area (Å²) in [5.41, 5.74) is 5.30. The van der Waals surface area contributed by atoms with Crippen LogP contribution in [-0.4, -0.2) is 52.0 Å². The van der Waals surface area contributed by atoms with Gasteiger partial charge in [0.25, 0.3) is 0 Å². The second-order valence-electron chi connectivity index (χ2n) is 11.1. The average Bonchev–Trinajstić information content (AvgIpc) is 3.72. The van der Waals surface area contributed by atoms with Crippen LogP contribution >= 0.6 is 0 Å². The number of piperidine rings is 1. The van der Waals surface area contributed by atoms with Crippen LogP contribution in [0, 0.1) is 12.8 Å². The molecule has 1 atom stereocenters. The van der Waals surface area contributed by atoms with Gasteiger partial charge in [0.1, 0.15) is 11.5 Å². The van der Waals surface area contributed by atoms with Gasteiger partial charge in [-0.1, -0.05) is 24.3 Å². The summed E-state index contributed by atoms with van der Waals surface area (Å²) in [6, 6.07) is 18.3. The van der Waals surface area contributed by atoms with E-state index in [0.717, 1.165) is 78.4 Å². The first-order chi connectivity index (χ1) is 18.9. The quantitative estimate of drug-likeness (QED) is 0.443. The van der Waals surface area contributed by atoms with Crippen molar-refractivity contribution in [1.82, 2.24) is 5.32 Å². The molecule has 6 rings (SSSR count). The summed E-state index contributed by atoms with van der Waals surface area (Å²) in [6.07, 6.45) is 5.41. The third-order valence-corrected chi connectivity index (χ3v) is 9.84. The molecular formula is C31H37N3O4S. The summed E-state index contributed by atoms with van der Waals surface area (Å²) in [5, 5.41) is 3.40. The van der Waals surface area contributed by atoms with Crippen LogP contribution in [0.15, 0.2) is 59.0 Å². The Hall–Kier alpha value is -3.26. The first kappa shape index (κ1) is 26.0. The van der Waals surface area contributed by atoms with E-state index >= 15 is 0 Å². The smallest absolute Gasteiger partial charge is 0.223 e. The lowest BCUT2D eigenvalue weighted by atomic mass is 9.92. The van der Waals surface area contributed by atoms with Crippen molar-refractivity contribution < 1.29 is 17.6 Å². The van der Waals surface area contributed by atoms with Gasteiger partial charge in [-0.25, -0.2) is 8.42 Å². The van der Waals surface area contributed by atoms with Crippen LogP contribution in [0.3, 0.4) is 0 Å². The Morgan fingerprint density at radius 1 is 0.897 bits per heavy atom. The van der Waals surface area contributed by atoms with Crippen LogP contribution in [-0.2, 0) is 14.6 Å². The summed E-state index contributed by atoms with van der Waals surface area (Å²) in [6.45, 7) is 4.93. The second kappa shape index (κ2) is 10.7. The lowest BCUT2D eigenvalue weighted by molar-refractivity contribution is -0.122. The number of para-hydroxylation sites is 1. The van der Waals surface area contributed by atoms with Crippen molar-refractivity contribution in [3.8, 4) is 11.3 Å². The van der Waals surface area contributed by atoms with Crippen molar-refractivity contribution in [2.75, 3.05) is 47.5 Å². The van der Waals surface area contributed by atoms with Gasteiger partial charge >= 0.3 is 0 Å². The molecule has 3 aliphatic rings. The number of anilines is 2. The Morgan fingerprint density at radius 3 is 2.26 bits per heavy atom. The fraction of sp³-hybridized carbons (Fsp3) is 0.452. The maximum atomic E-state index is 13.2. The number of amides is 1. The normalized spacial score (nSPS) is 20.0. The van der Waals surface area contributed by atoms with Crippen molar-refractivity contribution in [3.05, 3.63) is 71.5 Å². The van der Waals surface area contributed by atoms with Gasteiger partial charge in [0, 0.05) is 48.9 Å². The monoisotopic (exact) mass is 547 g/mol. The number of hydrogen-bond acceptors (Lipinski definition) is 6. The zero-order valence-electron chi connectivity index (χ0n) is 22.6. The fourth-order valence-corrected chi connectivity index (χ4v) is 7.04. The van der Waals surface area contributed by atoms with Crippen LogP contribution in [0.1, 0.15) is 55.0 Å². The van der Waals surface area contributed by atoms with Gasteiger partial charge in [0.05, 0.1) is 23.2 Å². The molecule has 1 aliphatic carbocycles. The Kier molecular flexibility index (Phi) is 7.14. The summed E-state index contributed by atoms with van der Waals surface area (Å²) in [5.74, 6) is 2.29. The number of aryl methyl sites for hydroxylation is 1. The molecule has 3 aromatic rings. The number of sulfone groups is 1. The van der Waals surface area contributed by atoms with Gasteiger partial charge in [0.15, 0.2) is 9.84 Å². The van der Waals surface area contributed by atoms with E-state index in [1.807, 2.05) is 19.1 Å². The van der Waals surface area contributed by atoms with Crippen molar-refractivity contribution in [2.24, 2.45) is 5.92 Å². The lowest BCUT2D eigenvalue weighted by Gasteiger charge is -2.34. The number of furan rings is 1. The zero-order valence-corrected chi connectivity index (χ0v) is 23.4. The lowest BCUT2D eigenvalue weighted by Crippen LogP contribution is -2.40. The minimum Gasteiger partial charge on any atom is -0.461 e. The first-order valence-electron chi connectivity index (χ1n) is 14.2. The van der Waals surface area contributed by atoms with Crippen molar-refractivity contribution >= 4 is 27.1 Å². The molecule has 1 aromatic heterocycles. The maximum absolute atomic E-state index is 13.2. The molecule has 1 unspecified atom stereocenters. The second-order valence-corrected chi connectivity index (χ2v) is 13.5. The predicted octanol–water partition coefficient (Wildman–Crippen LogP) is 5.10. The largest absolute Gasteiger partial charge is 0.461 e. The number of hydrogen-bond donors (Lipinski definition) is 1. The molecule has 2 aliphatic heterocycles. The Labute approximate surface area is 231 Å². The van der Waals surface area contributed by atoms with E-state index < -0.39 is 9.84 Å². The molecule has 0 spiro atoms. The molecule has 2 saturated heterocycles. The van der Waals surface area contributed by atoms with Crippen LogP contribution in [0.25, 0.3) is 11.3 Å². The predicted molar refractivity (Wildman–Crippen MR) is 155 cm³/mol. The highest BCUT2D eigenvalue weighted by atomic mass is 32.2. The van der Waals surface area contributed by atoms with E-state index in [2.05, 4.69) is 57.6 Å². The topological polar surface area (TPSA) is 82.9 Å². The van der Waals surface area contributed by atoms with Crippen molar-refractivity contribution in [3.63, 3.8) is 0 Å². The number of rotatable bonds is 7. The summed E-state index contributed by atoms with van der Waals surface area (Å²) >= 11 is 0. The molecule has 3 fully saturated rings. The van der Waals surface area contributed by atoms with Gasteiger partial charge in [-0.05, 0) is 74.9 Å². The molecule has 39 heavy (non-hydrogen) atoms. The molecule has 0 bridgehead atoms. The van der Waals surface area contributed by atoms with Crippen molar-refractivity contribution in [1.29, 1.82) is 0 Å². The molecule has 8 heteroatoms. The Morgan fingerprint density at radius 2 is 1.62 bits per heavy atom. The zero-order chi connectivity index (χ0) is 27.0. The van der Waals surface area contributed by atoms with Gasteiger partial charge in [-0.2, -0.15) is 0 Å². The number of carbonyl (C=O) groups is 1. The third kappa shape index (κ3) is 5.71. The maximum Gasteiger partial charge on any atom is 0.223 e. The number of benzene rings is 2. The minimum absolute atomic E-state index is 0.0939. The highest BCUT2D eigenvalue weighted by Gasteiger charge is 2.33. The molecule has 3 heterocycles. The first-order valence-corrected chi connectivity index (χ1v) is 16.0. The molecular weight excluding hydrogens is 510 g/mol. The molecule has 1 saturated carbocycles. The van der Waals surface area contributed by atoms with Gasteiger partial charge < -0.3 is 19.5 Å². The summed E-state index contributed by atoms with van der Waals surface area (Å²) in [4.78, 5) is 17.8. The Balaban J connectivity index is 1.40. The molecule has 0 radical (unpaired) electrons. The Bertz CT molecular complexity index is 1420. The highest BCUT2D eigenvalue weighted by molar-refractivity contribution is 7.91. The van der Waals surface area contributed by atoms with E-state index in [4.69, 9.17) is 4.42 Å². The minimum atomic E-state index is -2.94. The molecule has 1 amide bonds. The average molecular weight is 548 g/mol. The van der Waals surface area contributed by atoms with Crippen LogP contribution in [0.4, 0.5) is 11.4 Å². The van der Waals surface area contributed by atoms with E-state index in [0.29, 0.717) is 13.1 Å². The van der Waals surface area contributed by atoms with E-state index in [-0.39, 0.29) is 29.4 Å². The SMILES string of the molecule is Cc1ccc(-c2cccc(C(NC(=O)C3CC3)c3ccc(N4CCS(=O)(=O)CC4)cc3)c2N2CCCCC2)o1. The molecule has 206 valence electrons. The van der Waals surface area contributed by atoms with E-state index in [1.165, 1.54) is 6.42 Å². The number of nitrogens with one attached hydrogen (secondary N) is 1. The summed E-state index contributed by atoms with van der Waals surface area (Å²) in [7, 11) is -2.94. The molecule has 7 nitrogen and oxygen atoms in total. The number of nitrogens with zero attached hydrogens (tertiary/aromatic N) is 2. The van der Waals surface area contributed by atoms with Gasteiger partial charge in [0.2, 0.25) is 5.91 Å². The van der Waals surface area contributed by atoms with E-state index in [1.54, 1.807) is 0 Å². The molecule has 2 aromatic carbocycles. The molecule has 1 N–H and O–H groups in total. The number of carbonyl (C=O) groups excluding carboxylic acids is 1. The summed E-state index contributed by atoms with van der Waals surface area (Å²) < 4.78 is 29.9. The van der Waals surface area contributed by atoms with Gasteiger partial charge in [-0.3, -0.25) is 4.79 Å².